The molecule has 0 radical (unpaired) electrons. The number of hydrogen-bond acceptors (Lipinski definition) is 3. The summed E-state index contributed by atoms with van der Waals surface area (Å²) < 4.78 is 2.60. The Hall–Kier alpha value is -8.76. The largest absolute Gasteiger partial charge is 0.310 e. The molecule has 14 rings (SSSR count). The molecule has 0 N–H and O–H groups in total. The highest BCUT2D eigenvalue weighted by atomic mass is 32.1. The molecule has 0 amide bonds. The van der Waals surface area contributed by atoms with Gasteiger partial charge in [0.2, 0.25) is 0 Å². The summed E-state index contributed by atoms with van der Waals surface area (Å²) in [5.74, 6) is 0. The monoisotopic (exact) mass is 894 g/mol. The highest BCUT2D eigenvalue weighted by Gasteiger charge is 2.27. The van der Waals surface area contributed by atoms with Gasteiger partial charge < -0.3 is 9.80 Å². The minimum absolute atomic E-state index is 1.08. The van der Waals surface area contributed by atoms with Crippen LogP contribution in [0.25, 0.3) is 96.3 Å². The lowest BCUT2D eigenvalue weighted by atomic mass is 9.93. The van der Waals surface area contributed by atoms with Gasteiger partial charge in [-0.3, -0.25) is 0 Å². The number of thiophene rings is 1. The second kappa shape index (κ2) is 16.0. The number of rotatable bonds is 4. The first kappa shape index (κ1) is 39.4. The van der Waals surface area contributed by atoms with Crippen LogP contribution in [0.1, 0.15) is 0 Å². The van der Waals surface area contributed by atoms with Gasteiger partial charge in [0.15, 0.2) is 0 Å². The van der Waals surface area contributed by atoms with E-state index in [9.17, 15) is 0 Å². The van der Waals surface area contributed by atoms with Crippen molar-refractivity contribution >= 4 is 119 Å². The van der Waals surface area contributed by atoms with Gasteiger partial charge in [-0.05, 0) is 144 Å². The predicted octanol–water partition coefficient (Wildman–Crippen LogP) is 19.5. The van der Waals surface area contributed by atoms with Crippen LogP contribution in [-0.4, -0.2) is 0 Å². The molecule has 0 spiro atoms. The third-order valence-corrected chi connectivity index (χ3v) is 15.3. The molecule has 0 unspecified atom stereocenters. The van der Waals surface area contributed by atoms with E-state index >= 15 is 0 Å². The minimum atomic E-state index is 1.08. The molecule has 0 fully saturated rings. The molecular formula is C66H42N2S. The van der Waals surface area contributed by atoms with Crippen LogP contribution in [0.5, 0.6) is 0 Å². The zero-order valence-electron chi connectivity index (χ0n) is 37.6. The molecule has 12 aromatic carbocycles. The van der Waals surface area contributed by atoms with E-state index in [0.717, 1.165) is 34.1 Å². The standard InChI is InChI=1S/C66H42N2S/c1-3-19-43(20-4-1)67(46-36-38-64-61(40-46)54-30-14-11-27-51(54)56-31-15-17-33-63(56)68(64)44-21-5-2-6-22-44)45-35-37-55-58(39-45)52-28-12-9-25-49(52)47-23-7-8-24-48(47)50-26-10-13-29-53(50)60-42-66-62(41-59(55)60)57-32-16-18-34-65(57)69-66/h1-42H. The topological polar surface area (TPSA) is 6.48 Å². The molecule has 322 valence electrons. The van der Waals surface area contributed by atoms with E-state index in [4.69, 9.17) is 0 Å². The van der Waals surface area contributed by atoms with Crippen LogP contribution in [-0.2, 0) is 0 Å². The van der Waals surface area contributed by atoms with Crippen molar-refractivity contribution in [3.63, 3.8) is 0 Å². The van der Waals surface area contributed by atoms with Crippen molar-refractivity contribution in [1.82, 2.24) is 0 Å². The smallest absolute Gasteiger partial charge is 0.0542 e. The van der Waals surface area contributed by atoms with E-state index in [1.807, 2.05) is 11.3 Å². The number of nitrogens with zero attached hydrogens (tertiary/aromatic N) is 2. The SMILES string of the molecule is c1ccc(N(c2ccc3c(c2)-c2ccccc2-c2ccccc2N3c2ccccc2)c2ccc3c(c2)c2ccccc2c2ccccc2c2ccccc2c2cc4sc5ccccc5c4cc32)cc1. The van der Waals surface area contributed by atoms with Gasteiger partial charge in [-0.2, -0.15) is 0 Å². The van der Waals surface area contributed by atoms with E-state index in [1.165, 1.54) is 96.3 Å². The van der Waals surface area contributed by atoms with Crippen LogP contribution in [0.4, 0.5) is 34.1 Å². The fourth-order valence-corrected chi connectivity index (χ4v) is 12.3. The highest BCUT2D eigenvalue weighted by Crippen LogP contribution is 2.52. The van der Waals surface area contributed by atoms with Crippen molar-refractivity contribution in [2.45, 2.75) is 0 Å². The van der Waals surface area contributed by atoms with Gasteiger partial charge in [0.05, 0.1) is 11.4 Å². The summed E-state index contributed by atoms with van der Waals surface area (Å²) in [5, 5.41) is 14.7. The third kappa shape index (κ3) is 6.32. The predicted molar refractivity (Wildman–Crippen MR) is 298 cm³/mol. The number of fused-ring (bicyclic) bond motifs is 18. The maximum atomic E-state index is 2.48. The number of benzene rings is 11. The Bertz CT molecular complexity index is 4270. The fourth-order valence-electron chi connectivity index (χ4n) is 11.1. The molecule has 69 heavy (non-hydrogen) atoms. The molecular weight excluding hydrogens is 853 g/mol. The average molecular weight is 895 g/mol. The summed E-state index contributed by atoms with van der Waals surface area (Å²) >= 11 is 1.88. The van der Waals surface area contributed by atoms with Crippen LogP contribution in [0.3, 0.4) is 0 Å². The van der Waals surface area contributed by atoms with Crippen LogP contribution < -0.4 is 9.80 Å². The van der Waals surface area contributed by atoms with Crippen molar-refractivity contribution in [2.24, 2.45) is 0 Å². The second-order valence-corrected chi connectivity index (χ2v) is 19.0. The summed E-state index contributed by atoms with van der Waals surface area (Å²) in [5.41, 5.74) is 11.5. The van der Waals surface area contributed by atoms with E-state index in [0.29, 0.717) is 0 Å². The van der Waals surface area contributed by atoms with E-state index in [1.54, 1.807) is 0 Å². The number of anilines is 6. The molecule has 0 bridgehead atoms. The van der Waals surface area contributed by atoms with Gasteiger partial charge >= 0.3 is 0 Å². The molecule has 0 aliphatic carbocycles. The van der Waals surface area contributed by atoms with E-state index in [-0.39, 0.29) is 0 Å². The summed E-state index contributed by atoms with van der Waals surface area (Å²) in [6, 6.07) is 94.3. The Morgan fingerprint density at radius 3 is 1.36 bits per heavy atom. The molecule has 1 aliphatic heterocycles. The molecule has 2 nitrogen and oxygen atoms in total. The Morgan fingerprint density at radius 2 is 0.696 bits per heavy atom. The Morgan fingerprint density at radius 1 is 0.246 bits per heavy atom. The summed E-state index contributed by atoms with van der Waals surface area (Å²) in [4.78, 5) is 4.87. The Balaban J connectivity index is 1.10. The maximum Gasteiger partial charge on any atom is 0.0542 e. The van der Waals surface area contributed by atoms with Gasteiger partial charge in [-0.15, -0.1) is 11.3 Å². The lowest BCUT2D eigenvalue weighted by Crippen LogP contribution is -2.13. The number of para-hydroxylation sites is 3. The molecule has 2 heterocycles. The zero-order valence-corrected chi connectivity index (χ0v) is 38.4. The second-order valence-electron chi connectivity index (χ2n) is 18.0. The van der Waals surface area contributed by atoms with Gasteiger partial charge in [0.1, 0.15) is 0 Å². The third-order valence-electron chi connectivity index (χ3n) is 14.2. The molecule has 1 aliphatic rings. The van der Waals surface area contributed by atoms with Gasteiger partial charge in [0.25, 0.3) is 0 Å². The average Bonchev–Trinajstić information content (AvgIpc) is 3.73. The molecule has 0 atom stereocenters. The highest BCUT2D eigenvalue weighted by molar-refractivity contribution is 7.25. The van der Waals surface area contributed by atoms with E-state index < -0.39 is 0 Å². The van der Waals surface area contributed by atoms with Crippen LogP contribution in [0, 0.1) is 0 Å². The first-order chi connectivity index (χ1) is 34.2. The van der Waals surface area contributed by atoms with Crippen molar-refractivity contribution < 1.29 is 0 Å². The van der Waals surface area contributed by atoms with Crippen LogP contribution in [0.15, 0.2) is 255 Å². The van der Waals surface area contributed by atoms with E-state index in [2.05, 4.69) is 265 Å². The maximum absolute atomic E-state index is 2.48. The molecule has 0 saturated heterocycles. The lowest BCUT2D eigenvalue weighted by Gasteiger charge is -2.30. The van der Waals surface area contributed by atoms with Gasteiger partial charge in [0, 0.05) is 54.0 Å². The number of hydrogen-bond donors (Lipinski definition) is 0. The minimum Gasteiger partial charge on any atom is -0.310 e. The van der Waals surface area contributed by atoms with Crippen LogP contribution >= 0.6 is 11.3 Å². The van der Waals surface area contributed by atoms with Crippen molar-refractivity contribution in [3.05, 3.63) is 255 Å². The molecule has 13 aromatic rings. The Labute approximate surface area is 404 Å². The van der Waals surface area contributed by atoms with Gasteiger partial charge in [-0.1, -0.05) is 176 Å². The van der Waals surface area contributed by atoms with Crippen LogP contribution in [0.2, 0.25) is 0 Å². The lowest BCUT2D eigenvalue weighted by molar-refractivity contribution is 1.27. The summed E-state index contributed by atoms with van der Waals surface area (Å²) in [7, 11) is 0. The van der Waals surface area contributed by atoms with Crippen molar-refractivity contribution in [2.75, 3.05) is 9.80 Å². The van der Waals surface area contributed by atoms with Crippen molar-refractivity contribution in [1.29, 1.82) is 0 Å². The van der Waals surface area contributed by atoms with Crippen molar-refractivity contribution in [3.8, 4) is 22.3 Å². The molecule has 1 aromatic heterocycles. The Kier molecular flexibility index (Phi) is 9.11. The summed E-state index contributed by atoms with van der Waals surface area (Å²) in [6.45, 7) is 0. The normalized spacial score (nSPS) is 12.0. The molecule has 0 saturated carbocycles. The molecule has 3 heteroatoms. The first-order valence-electron chi connectivity index (χ1n) is 23.7. The first-order valence-corrected chi connectivity index (χ1v) is 24.5. The zero-order chi connectivity index (χ0) is 45.4. The van der Waals surface area contributed by atoms with Gasteiger partial charge in [-0.25, -0.2) is 0 Å². The fraction of sp³-hybridized carbons (Fsp3) is 0. The summed E-state index contributed by atoms with van der Waals surface area (Å²) in [6.07, 6.45) is 0. The quantitative estimate of drug-likeness (QED) is 0.174.